The van der Waals surface area contributed by atoms with Crippen molar-refractivity contribution in [2.75, 3.05) is 25.0 Å². The van der Waals surface area contributed by atoms with Crippen LogP contribution in [0, 0.1) is 12.7 Å². The summed E-state index contributed by atoms with van der Waals surface area (Å²) in [6.07, 6.45) is 4.63. The SMILES string of the molecule is Cc1ccc(C(=O)NCCC(=O)N2CCCCCC2)cc1NC(=O)c1ccccc1F. The highest BCUT2D eigenvalue weighted by Gasteiger charge is 2.17. The summed E-state index contributed by atoms with van der Waals surface area (Å²) in [7, 11) is 0. The van der Waals surface area contributed by atoms with Gasteiger partial charge in [-0.3, -0.25) is 14.4 Å². The van der Waals surface area contributed by atoms with Gasteiger partial charge in [0.25, 0.3) is 11.8 Å². The molecule has 3 rings (SSSR count). The van der Waals surface area contributed by atoms with E-state index in [9.17, 15) is 18.8 Å². The number of anilines is 1. The normalized spacial score (nSPS) is 13.9. The largest absolute Gasteiger partial charge is 0.352 e. The Bertz CT molecular complexity index is 953. The molecule has 0 unspecified atom stereocenters. The number of halogens is 1. The van der Waals surface area contributed by atoms with Crippen LogP contribution < -0.4 is 10.6 Å². The van der Waals surface area contributed by atoms with E-state index >= 15 is 0 Å². The molecular formula is C24H28FN3O3. The lowest BCUT2D eigenvalue weighted by atomic mass is 10.1. The number of carbonyl (C=O) groups is 3. The third-order valence-electron chi connectivity index (χ3n) is 5.45. The second-order valence-corrected chi connectivity index (χ2v) is 7.76. The lowest BCUT2D eigenvalue weighted by Crippen LogP contribution is -2.35. The molecule has 164 valence electrons. The molecule has 2 N–H and O–H groups in total. The van der Waals surface area contributed by atoms with Gasteiger partial charge in [-0.25, -0.2) is 4.39 Å². The van der Waals surface area contributed by atoms with Gasteiger partial charge in [0, 0.05) is 37.3 Å². The zero-order valence-corrected chi connectivity index (χ0v) is 17.7. The molecule has 2 aromatic rings. The first-order valence-electron chi connectivity index (χ1n) is 10.7. The van der Waals surface area contributed by atoms with Gasteiger partial charge in [-0.05, 0) is 49.6 Å². The first kappa shape index (κ1) is 22.5. The minimum Gasteiger partial charge on any atom is -0.352 e. The summed E-state index contributed by atoms with van der Waals surface area (Å²) in [6.45, 7) is 3.61. The molecule has 0 atom stereocenters. The number of nitrogens with one attached hydrogen (secondary N) is 2. The minimum atomic E-state index is -0.611. The monoisotopic (exact) mass is 425 g/mol. The van der Waals surface area contributed by atoms with Crippen molar-refractivity contribution < 1.29 is 18.8 Å². The quantitative estimate of drug-likeness (QED) is 0.737. The smallest absolute Gasteiger partial charge is 0.258 e. The third-order valence-corrected chi connectivity index (χ3v) is 5.45. The highest BCUT2D eigenvalue weighted by Crippen LogP contribution is 2.19. The van der Waals surface area contributed by atoms with Crippen molar-refractivity contribution in [2.24, 2.45) is 0 Å². The predicted octanol–water partition coefficient (Wildman–Crippen LogP) is 3.91. The maximum atomic E-state index is 13.9. The Kier molecular flexibility index (Phi) is 7.76. The third kappa shape index (κ3) is 6.13. The first-order chi connectivity index (χ1) is 15.0. The maximum Gasteiger partial charge on any atom is 0.258 e. The van der Waals surface area contributed by atoms with Crippen LogP contribution in [0.3, 0.4) is 0 Å². The Morgan fingerprint density at radius 2 is 1.68 bits per heavy atom. The second kappa shape index (κ2) is 10.7. The molecule has 0 aromatic heterocycles. The number of benzene rings is 2. The molecule has 1 aliphatic heterocycles. The van der Waals surface area contributed by atoms with Gasteiger partial charge >= 0.3 is 0 Å². The van der Waals surface area contributed by atoms with E-state index in [-0.39, 0.29) is 30.3 Å². The highest BCUT2D eigenvalue weighted by molar-refractivity contribution is 6.05. The molecular weight excluding hydrogens is 397 g/mol. The highest BCUT2D eigenvalue weighted by atomic mass is 19.1. The van der Waals surface area contributed by atoms with E-state index < -0.39 is 11.7 Å². The maximum absolute atomic E-state index is 13.9. The summed E-state index contributed by atoms with van der Waals surface area (Å²) < 4.78 is 13.9. The van der Waals surface area contributed by atoms with Crippen LogP contribution in [0.1, 0.15) is 58.4 Å². The van der Waals surface area contributed by atoms with Gasteiger partial charge in [-0.2, -0.15) is 0 Å². The molecule has 7 heteroatoms. The van der Waals surface area contributed by atoms with Crippen molar-refractivity contribution in [3.63, 3.8) is 0 Å². The zero-order chi connectivity index (χ0) is 22.2. The number of carbonyl (C=O) groups excluding carboxylic acids is 3. The van der Waals surface area contributed by atoms with Gasteiger partial charge in [0.1, 0.15) is 5.82 Å². The summed E-state index contributed by atoms with van der Waals surface area (Å²) in [5, 5.41) is 5.43. The molecule has 2 aromatic carbocycles. The fraction of sp³-hybridized carbons (Fsp3) is 0.375. The van der Waals surface area contributed by atoms with Crippen molar-refractivity contribution >= 4 is 23.4 Å². The average Bonchev–Trinajstić information content (AvgIpc) is 3.05. The van der Waals surface area contributed by atoms with Gasteiger partial charge < -0.3 is 15.5 Å². The van der Waals surface area contributed by atoms with E-state index in [0.29, 0.717) is 11.3 Å². The van der Waals surface area contributed by atoms with Crippen molar-refractivity contribution in [3.05, 3.63) is 65.0 Å². The Morgan fingerprint density at radius 3 is 2.39 bits per heavy atom. The van der Waals surface area contributed by atoms with Crippen LogP contribution in [0.15, 0.2) is 42.5 Å². The van der Waals surface area contributed by atoms with Crippen molar-refractivity contribution in [1.29, 1.82) is 0 Å². The molecule has 0 saturated carbocycles. The van der Waals surface area contributed by atoms with Crippen molar-refractivity contribution in [3.8, 4) is 0 Å². The average molecular weight is 426 g/mol. The van der Waals surface area contributed by atoms with Gasteiger partial charge in [-0.1, -0.05) is 31.0 Å². The predicted molar refractivity (Wildman–Crippen MR) is 118 cm³/mol. The van der Waals surface area contributed by atoms with Gasteiger partial charge in [-0.15, -0.1) is 0 Å². The van der Waals surface area contributed by atoms with E-state index in [1.54, 1.807) is 31.2 Å². The van der Waals surface area contributed by atoms with Crippen LogP contribution in [0.25, 0.3) is 0 Å². The van der Waals surface area contributed by atoms with Gasteiger partial charge in [0.15, 0.2) is 0 Å². The van der Waals surface area contributed by atoms with Crippen LogP contribution >= 0.6 is 0 Å². The number of nitrogens with zero attached hydrogens (tertiary/aromatic N) is 1. The number of hydrogen-bond donors (Lipinski definition) is 2. The van der Waals surface area contributed by atoms with Gasteiger partial charge in [0.2, 0.25) is 5.91 Å². The molecule has 0 radical (unpaired) electrons. The Balaban J connectivity index is 1.57. The van der Waals surface area contributed by atoms with Crippen molar-refractivity contribution in [2.45, 2.75) is 39.0 Å². The van der Waals surface area contributed by atoms with Crippen LogP contribution in [0.5, 0.6) is 0 Å². The van der Waals surface area contributed by atoms with E-state index in [2.05, 4.69) is 10.6 Å². The molecule has 0 spiro atoms. The topological polar surface area (TPSA) is 78.5 Å². The fourth-order valence-electron chi connectivity index (χ4n) is 3.60. The van der Waals surface area contributed by atoms with E-state index in [1.807, 2.05) is 4.90 Å². The number of rotatable bonds is 6. The Morgan fingerprint density at radius 1 is 0.968 bits per heavy atom. The summed E-state index contributed by atoms with van der Waals surface area (Å²) in [5.41, 5.74) is 1.47. The number of aryl methyl sites for hydroxylation is 1. The summed E-state index contributed by atoms with van der Waals surface area (Å²) in [4.78, 5) is 39.1. The Labute approximate surface area is 181 Å². The fourth-order valence-corrected chi connectivity index (χ4v) is 3.60. The lowest BCUT2D eigenvalue weighted by Gasteiger charge is -2.20. The van der Waals surface area contributed by atoms with Crippen molar-refractivity contribution in [1.82, 2.24) is 10.2 Å². The lowest BCUT2D eigenvalue weighted by molar-refractivity contribution is -0.131. The van der Waals surface area contributed by atoms with E-state index in [4.69, 9.17) is 0 Å². The van der Waals surface area contributed by atoms with Crippen LogP contribution in [0.4, 0.5) is 10.1 Å². The number of likely N-dealkylation sites (tertiary alicyclic amines) is 1. The van der Waals surface area contributed by atoms with Gasteiger partial charge in [0.05, 0.1) is 5.56 Å². The second-order valence-electron chi connectivity index (χ2n) is 7.76. The molecule has 6 nitrogen and oxygen atoms in total. The molecule has 1 fully saturated rings. The summed E-state index contributed by atoms with van der Waals surface area (Å²) in [5.74, 6) is -1.46. The Hall–Kier alpha value is -3.22. The summed E-state index contributed by atoms with van der Waals surface area (Å²) in [6, 6.07) is 10.6. The van der Waals surface area contributed by atoms with E-state index in [0.717, 1.165) is 44.3 Å². The first-order valence-corrected chi connectivity index (χ1v) is 10.7. The zero-order valence-electron chi connectivity index (χ0n) is 17.7. The molecule has 31 heavy (non-hydrogen) atoms. The standard InChI is InChI=1S/C24H28FN3O3/c1-17-10-11-18(16-21(17)27-24(31)19-8-4-5-9-20(19)25)23(30)26-13-12-22(29)28-14-6-2-3-7-15-28/h4-5,8-11,16H,2-3,6-7,12-15H2,1H3,(H,26,30)(H,27,31). The van der Waals surface area contributed by atoms with Crippen LogP contribution in [-0.2, 0) is 4.79 Å². The molecule has 1 saturated heterocycles. The minimum absolute atomic E-state index is 0.0592. The number of hydrogen-bond acceptors (Lipinski definition) is 3. The molecule has 1 heterocycles. The molecule has 1 aliphatic rings. The number of amides is 3. The van der Waals surface area contributed by atoms with Crippen LogP contribution in [0.2, 0.25) is 0 Å². The van der Waals surface area contributed by atoms with E-state index in [1.165, 1.54) is 18.2 Å². The molecule has 0 aliphatic carbocycles. The van der Waals surface area contributed by atoms with Crippen LogP contribution in [-0.4, -0.2) is 42.3 Å². The molecule has 0 bridgehead atoms. The summed E-state index contributed by atoms with van der Waals surface area (Å²) >= 11 is 0. The molecule has 3 amide bonds.